The number of benzene rings is 2. The Kier molecular flexibility index (Phi) is 5.65. The van der Waals surface area contributed by atoms with E-state index in [0.717, 1.165) is 17.8 Å². The van der Waals surface area contributed by atoms with E-state index in [4.69, 9.17) is 0 Å². The summed E-state index contributed by atoms with van der Waals surface area (Å²) in [5.74, 6) is 0. The second kappa shape index (κ2) is 8.13. The number of aliphatic hydroxyl groups excluding tert-OH is 1. The van der Waals surface area contributed by atoms with Gasteiger partial charge in [0.15, 0.2) is 0 Å². The van der Waals surface area contributed by atoms with Gasteiger partial charge in [0, 0.05) is 24.6 Å². The molecule has 1 unspecified atom stereocenters. The maximum absolute atomic E-state index is 12.7. The van der Waals surface area contributed by atoms with Gasteiger partial charge in [0.2, 0.25) is 0 Å². The number of aromatic nitrogens is 2. The molecule has 146 valence electrons. The summed E-state index contributed by atoms with van der Waals surface area (Å²) >= 11 is 0. The quantitative estimate of drug-likeness (QED) is 0.621. The van der Waals surface area contributed by atoms with Gasteiger partial charge in [-0.2, -0.15) is 18.3 Å². The van der Waals surface area contributed by atoms with Crippen molar-refractivity contribution in [3.05, 3.63) is 78.1 Å². The molecule has 2 amide bonds. The normalized spacial score (nSPS) is 12.4. The first-order valence-corrected chi connectivity index (χ1v) is 8.33. The molecule has 0 aliphatic carbocycles. The zero-order valence-electron chi connectivity index (χ0n) is 14.5. The van der Waals surface area contributed by atoms with Crippen LogP contribution < -0.4 is 10.6 Å². The van der Waals surface area contributed by atoms with E-state index in [0.29, 0.717) is 5.56 Å². The molecule has 0 saturated carbocycles. The molecule has 0 saturated heterocycles. The van der Waals surface area contributed by atoms with Crippen LogP contribution in [-0.4, -0.2) is 27.5 Å². The minimum absolute atomic E-state index is 0.00499. The molecule has 2 aromatic carbocycles. The number of aliphatic hydroxyl groups is 1. The van der Waals surface area contributed by atoms with Crippen molar-refractivity contribution in [1.29, 1.82) is 0 Å². The summed E-state index contributed by atoms with van der Waals surface area (Å²) in [4.78, 5) is 11.9. The Balaban J connectivity index is 1.54. The Hall–Kier alpha value is -3.33. The Morgan fingerprint density at radius 2 is 1.89 bits per heavy atom. The monoisotopic (exact) mass is 390 g/mol. The molecule has 6 nitrogen and oxygen atoms in total. The highest BCUT2D eigenvalue weighted by molar-refractivity contribution is 5.89. The van der Waals surface area contributed by atoms with Crippen LogP contribution in [0.3, 0.4) is 0 Å². The van der Waals surface area contributed by atoms with Crippen LogP contribution >= 0.6 is 0 Å². The number of carbonyl (C=O) groups is 1. The summed E-state index contributed by atoms with van der Waals surface area (Å²) in [5, 5.41) is 19.0. The number of carbonyl (C=O) groups excluding carboxylic acids is 1. The van der Waals surface area contributed by atoms with E-state index < -0.39 is 23.9 Å². The average Bonchev–Trinajstić information content (AvgIpc) is 3.20. The third kappa shape index (κ3) is 4.89. The second-order valence-corrected chi connectivity index (χ2v) is 5.97. The summed E-state index contributed by atoms with van der Waals surface area (Å²) in [5.41, 5.74) is 0.541. The predicted octanol–water partition coefficient (Wildman–Crippen LogP) is 3.75. The molecule has 3 N–H and O–H groups in total. The smallest absolute Gasteiger partial charge is 0.387 e. The zero-order chi connectivity index (χ0) is 20.1. The van der Waals surface area contributed by atoms with E-state index >= 15 is 0 Å². The third-order valence-corrected chi connectivity index (χ3v) is 3.95. The van der Waals surface area contributed by atoms with Crippen molar-refractivity contribution in [2.75, 3.05) is 11.9 Å². The topological polar surface area (TPSA) is 79.2 Å². The van der Waals surface area contributed by atoms with E-state index in [1.165, 1.54) is 12.1 Å². The van der Waals surface area contributed by atoms with E-state index in [9.17, 15) is 23.1 Å². The van der Waals surface area contributed by atoms with Gasteiger partial charge in [-0.3, -0.25) is 0 Å². The number of anilines is 1. The fraction of sp³-hybridized carbons (Fsp3) is 0.158. The summed E-state index contributed by atoms with van der Waals surface area (Å²) in [7, 11) is 0. The van der Waals surface area contributed by atoms with Crippen molar-refractivity contribution >= 4 is 11.7 Å². The van der Waals surface area contributed by atoms with Crippen molar-refractivity contribution in [2.24, 2.45) is 0 Å². The van der Waals surface area contributed by atoms with Crippen LogP contribution in [0.25, 0.3) is 5.69 Å². The van der Waals surface area contributed by atoms with Crippen LogP contribution in [0.4, 0.5) is 23.7 Å². The van der Waals surface area contributed by atoms with Crippen LogP contribution in [0.2, 0.25) is 0 Å². The molecule has 0 spiro atoms. The standard InChI is InChI=1S/C19H17F3N4O2/c20-19(21,22)14-3-1-4-15(11-14)25-18(28)23-12-17(27)13-5-7-16(8-6-13)26-10-2-9-24-26/h1-11,17,27H,12H2,(H2,23,25,28). The number of hydrogen-bond donors (Lipinski definition) is 3. The number of alkyl halides is 3. The lowest BCUT2D eigenvalue weighted by molar-refractivity contribution is -0.137. The van der Waals surface area contributed by atoms with Gasteiger partial charge in [-0.15, -0.1) is 0 Å². The maximum Gasteiger partial charge on any atom is 0.416 e. The van der Waals surface area contributed by atoms with Gasteiger partial charge < -0.3 is 15.7 Å². The molecule has 3 aromatic rings. The van der Waals surface area contributed by atoms with Crippen molar-refractivity contribution in [3.63, 3.8) is 0 Å². The first kappa shape index (κ1) is 19.4. The van der Waals surface area contributed by atoms with Gasteiger partial charge >= 0.3 is 12.2 Å². The lowest BCUT2D eigenvalue weighted by Gasteiger charge is -2.14. The summed E-state index contributed by atoms with van der Waals surface area (Å²) < 4.78 is 39.8. The molecular formula is C19H17F3N4O2. The van der Waals surface area contributed by atoms with Gasteiger partial charge in [0.25, 0.3) is 0 Å². The molecule has 0 aliphatic heterocycles. The number of rotatable bonds is 5. The molecule has 0 fully saturated rings. The predicted molar refractivity (Wildman–Crippen MR) is 97.0 cm³/mol. The molecular weight excluding hydrogens is 373 g/mol. The van der Waals surface area contributed by atoms with Crippen molar-refractivity contribution in [3.8, 4) is 5.69 Å². The number of nitrogens with one attached hydrogen (secondary N) is 2. The molecule has 3 rings (SSSR count). The Bertz CT molecular complexity index is 925. The lowest BCUT2D eigenvalue weighted by Crippen LogP contribution is -2.32. The molecule has 0 radical (unpaired) electrons. The summed E-state index contributed by atoms with van der Waals surface area (Å²) in [6, 6.07) is 12.3. The average molecular weight is 390 g/mol. The van der Waals surface area contributed by atoms with Crippen molar-refractivity contribution in [1.82, 2.24) is 15.1 Å². The maximum atomic E-state index is 12.7. The van der Waals surface area contributed by atoms with Crippen LogP contribution in [0.5, 0.6) is 0 Å². The summed E-state index contributed by atoms with van der Waals surface area (Å²) in [6.45, 7) is -0.105. The number of urea groups is 1. The van der Waals surface area contributed by atoms with Gasteiger partial charge in [0.05, 0.1) is 17.4 Å². The Morgan fingerprint density at radius 1 is 1.14 bits per heavy atom. The van der Waals surface area contributed by atoms with Crippen LogP contribution in [0.1, 0.15) is 17.2 Å². The first-order valence-electron chi connectivity index (χ1n) is 8.33. The van der Waals surface area contributed by atoms with Crippen LogP contribution in [0.15, 0.2) is 67.0 Å². The molecule has 1 aromatic heterocycles. The van der Waals surface area contributed by atoms with E-state index in [-0.39, 0.29) is 12.2 Å². The SMILES string of the molecule is O=C(NCC(O)c1ccc(-n2cccn2)cc1)Nc1cccc(C(F)(F)F)c1. The fourth-order valence-electron chi connectivity index (χ4n) is 2.53. The minimum Gasteiger partial charge on any atom is -0.387 e. The summed E-state index contributed by atoms with van der Waals surface area (Å²) in [6.07, 6.45) is -2.04. The molecule has 0 aliphatic rings. The van der Waals surface area contributed by atoms with E-state index in [1.807, 2.05) is 0 Å². The van der Waals surface area contributed by atoms with Gasteiger partial charge in [-0.05, 0) is 42.0 Å². The third-order valence-electron chi connectivity index (χ3n) is 3.95. The molecule has 1 atom stereocenters. The van der Waals surface area contributed by atoms with Gasteiger partial charge in [-0.25, -0.2) is 9.48 Å². The fourth-order valence-corrected chi connectivity index (χ4v) is 2.53. The zero-order valence-corrected chi connectivity index (χ0v) is 14.5. The molecule has 9 heteroatoms. The number of amides is 2. The van der Waals surface area contributed by atoms with Gasteiger partial charge in [0.1, 0.15) is 0 Å². The van der Waals surface area contributed by atoms with Crippen LogP contribution in [0, 0.1) is 0 Å². The van der Waals surface area contributed by atoms with Crippen molar-refractivity contribution in [2.45, 2.75) is 12.3 Å². The Labute approximate surface area is 158 Å². The highest BCUT2D eigenvalue weighted by atomic mass is 19.4. The largest absolute Gasteiger partial charge is 0.416 e. The highest BCUT2D eigenvalue weighted by Crippen LogP contribution is 2.30. The number of nitrogens with zero attached hydrogens (tertiary/aromatic N) is 2. The lowest BCUT2D eigenvalue weighted by atomic mass is 10.1. The number of hydrogen-bond acceptors (Lipinski definition) is 3. The van der Waals surface area contributed by atoms with Crippen LogP contribution in [-0.2, 0) is 6.18 Å². The Morgan fingerprint density at radius 3 is 2.54 bits per heavy atom. The van der Waals surface area contributed by atoms with E-state index in [1.54, 1.807) is 47.4 Å². The van der Waals surface area contributed by atoms with Gasteiger partial charge in [-0.1, -0.05) is 18.2 Å². The van der Waals surface area contributed by atoms with E-state index in [2.05, 4.69) is 15.7 Å². The minimum atomic E-state index is -4.49. The number of halogens is 3. The second-order valence-electron chi connectivity index (χ2n) is 5.97. The molecule has 1 heterocycles. The van der Waals surface area contributed by atoms with Crippen molar-refractivity contribution < 1.29 is 23.1 Å². The molecule has 28 heavy (non-hydrogen) atoms. The first-order chi connectivity index (χ1) is 13.3. The molecule has 0 bridgehead atoms. The highest BCUT2D eigenvalue weighted by Gasteiger charge is 2.30.